The molecule has 2 aromatic heterocycles. The number of rotatable bonds is 2. The summed E-state index contributed by atoms with van der Waals surface area (Å²) in [4.78, 5) is 11.1. The minimum Gasteiger partial charge on any atom is -0.370 e. The average Bonchev–Trinajstić information content (AvgIpc) is 2.93. The van der Waals surface area contributed by atoms with Crippen molar-refractivity contribution in [1.29, 1.82) is 0 Å². The highest BCUT2D eigenvalue weighted by Crippen LogP contribution is 2.31. The molecule has 1 atom stereocenters. The Bertz CT molecular complexity index is 515. The molecule has 1 aliphatic rings. The summed E-state index contributed by atoms with van der Waals surface area (Å²) in [5, 5.41) is 3.33. The Labute approximate surface area is 119 Å². The Morgan fingerprint density at radius 2 is 2.33 bits per heavy atom. The van der Waals surface area contributed by atoms with Crippen LogP contribution in [0.3, 0.4) is 0 Å². The van der Waals surface area contributed by atoms with Gasteiger partial charge in [-0.2, -0.15) is 0 Å². The van der Waals surface area contributed by atoms with Crippen LogP contribution in [-0.2, 0) is 0 Å². The second kappa shape index (κ2) is 5.36. The van der Waals surface area contributed by atoms with Crippen LogP contribution in [0.25, 0.3) is 0 Å². The van der Waals surface area contributed by atoms with Crippen molar-refractivity contribution in [2.45, 2.75) is 18.8 Å². The smallest absolute Gasteiger partial charge is 0.0973 e. The van der Waals surface area contributed by atoms with Gasteiger partial charge >= 0.3 is 0 Å². The molecule has 3 rings (SSSR count). The van der Waals surface area contributed by atoms with Gasteiger partial charge in [-0.15, -0.1) is 11.3 Å². The quantitative estimate of drug-likeness (QED) is 0.844. The minimum atomic E-state index is 0.567. The van der Waals surface area contributed by atoms with Crippen LogP contribution >= 0.6 is 27.3 Å². The molecule has 3 nitrogen and oxygen atoms in total. The van der Waals surface area contributed by atoms with Gasteiger partial charge in [-0.1, -0.05) is 0 Å². The summed E-state index contributed by atoms with van der Waals surface area (Å²) >= 11 is 5.25. The van der Waals surface area contributed by atoms with E-state index in [1.165, 1.54) is 23.5 Å². The number of aromatic nitrogens is 2. The molecule has 2 aromatic rings. The zero-order valence-electron chi connectivity index (χ0n) is 9.92. The van der Waals surface area contributed by atoms with E-state index < -0.39 is 0 Å². The summed E-state index contributed by atoms with van der Waals surface area (Å²) in [6.45, 7) is 2.16. The monoisotopic (exact) mass is 323 g/mol. The maximum absolute atomic E-state index is 4.45. The Balaban J connectivity index is 1.78. The zero-order chi connectivity index (χ0) is 12.4. The number of hydrogen-bond donors (Lipinski definition) is 0. The van der Waals surface area contributed by atoms with Crippen LogP contribution in [0.2, 0.25) is 0 Å². The molecule has 0 bridgehead atoms. The molecule has 1 aliphatic heterocycles. The van der Waals surface area contributed by atoms with Crippen molar-refractivity contribution in [2.24, 2.45) is 0 Å². The van der Waals surface area contributed by atoms with Gasteiger partial charge in [0.1, 0.15) is 0 Å². The first kappa shape index (κ1) is 12.1. The Morgan fingerprint density at radius 3 is 3.11 bits per heavy atom. The van der Waals surface area contributed by atoms with Gasteiger partial charge < -0.3 is 4.90 Å². The molecule has 18 heavy (non-hydrogen) atoms. The molecule has 94 valence electrons. The molecule has 0 N–H and O–H groups in total. The van der Waals surface area contributed by atoms with Gasteiger partial charge in [0.25, 0.3) is 0 Å². The van der Waals surface area contributed by atoms with E-state index in [0.717, 1.165) is 17.6 Å². The fourth-order valence-corrected chi connectivity index (χ4v) is 3.54. The minimum absolute atomic E-state index is 0.567. The van der Waals surface area contributed by atoms with E-state index in [4.69, 9.17) is 0 Å². The molecule has 0 aliphatic carbocycles. The number of hydrogen-bond acceptors (Lipinski definition) is 4. The third-order valence-electron chi connectivity index (χ3n) is 3.28. The van der Waals surface area contributed by atoms with Gasteiger partial charge in [0.05, 0.1) is 16.9 Å². The largest absolute Gasteiger partial charge is 0.370 e. The zero-order valence-corrected chi connectivity index (χ0v) is 12.3. The third-order valence-corrected chi connectivity index (χ3v) is 4.65. The fourth-order valence-electron chi connectivity index (χ4n) is 2.42. The molecule has 3 heterocycles. The van der Waals surface area contributed by atoms with Gasteiger partial charge in [-0.05, 0) is 34.8 Å². The number of anilines is 1. The Morgan fingerprint density at radius 1 is 1.39 bits per heavy atom. The first-order valence-electron chi connectivity index (χ1n) is 6.08. The van der Waals surface area contributed by atoms with Crippen molar-refractivity contribution in [1.82, 2.24) is 9.97 Å². The van der Waals surface area contributed by atoms with Crippen LogP contribution < -0.4 is 4.90 Å². The molecule has 0 spiro atoms. The third kappa shape index (κ3) is 2.57. The van der Waals surface area contributed by atoms with Crippen LogP contribution in [0.5, 0.6) is 0 Å². The highest BCUT2D eigenvalue weighted by molar-refractivity contribution is 9.10. The van der Waals surface area contributed by atoms with Gasteiger partial charge in [-0.25, -0.2) is 4.98 Å². The highest BCUT2D eigenvalue weighted by Gasteiger charge is 2.23. The molecule has 1 fully saturated rings. The van der Waals surface area contributed by atoms with Gasteiger partial charge in [0.2, 0.25) is 0 Å². The van der Waals surface area contributed by atoms with E-state index in [2.05, 4.69) is 42.2 Å². The lowest BCUT2D eigenvalue weighted by molar-refractivity contribution is 0.508. The number of piperidine rings is 1. The summed E-state index contributed by atoms with van der Waals surface area (Å²) < 4.78 is 1.04. The number of pyridine rings is 1. The van der Waals surface area contributed by atoms with Crippen molar-refractivity contribution in [3.63, 3.8) is 0 Å². The molecular formula is C13H14BrN3S. The van der Waals surface area contributed by atoms with E-state index in [9.17, 15) is 0 Å². The van der Waals surface area contributed by atoms with E-state index in [0.29, 0.717) is 5.92 Å². The maximum atomic E-state index is 4.45. The maximum Gasteiger partial charge on any atom is 0.0973 e. The summed E-state index contributed by atoms with van der Waals surface area (Å²) in [6, 6.07) is 2.14. The van der Waals surface area contributed by atoms with Gasteiger partial charge in [-0.3, -0.25) is 4.98 Å². The van der Waals surface area contributed by atoms with Crippen LogP contribution in [0.15, 0.2) is 34.5 Å². The van der Waals surface area contributed by atoms with E-state index in [1.807, 2.05) is 18.6 Å². The number of nitrogens with zero attached hydrogens (tertiary/aromatic N) is 3. The summed E-state index contributed by atoms with van der Waals surface area (Å²) in [5.41, 5.74) is 1.20. The second-order valence-electron chi connectivity index (χ2n) is 4.52. The van der Waals surface area contributed by atoms with E-state index in [-0.39, 0.29) is 0 Å². The highest BCUT2D eigenvalue weighted by atomic mass is 79.9. The first-order chi connectivity index (χ1) is 8.83. The van der Waals surface area contributed by atoms with Crippen molar-refractivity contribution in [3.05, 3.63) is 39.5 Å². The summed E-state index contributed by atoms with van der Waals surface area (Å²) in [6.07, 6.45) is 8.13. The Kier molecular flexibility index (Phi) is 3.61. The number of halogens is 1. The number of thiazole rings is 1. The normalized spacial score (nSPS) is 20.1. The molecule has 0 aromatic carbocycles. The predicted molar refractivity (Wildman–Crippen MR) is 78.2 cm³/mol. The Hall–Kier alpha value is -0.940. The van der Waals surface area contributed by atoms with Crippen LogP contribution in [0.1, 0.15) is 23.8 Å². The molecule has 0 saturated carbocycles. The fraction of sp³-hybridized carbons (Fsp3) is 0.385. The SMILES string of the molecule is Brc1cncc(N2CCCC(c3nccs3)C2)c1. The molecule has 0 radical (unpaired) electrons. The van der Waals surface area contributed by atoms with Crippen molar-refractivity contribution in [3.8, 4) is 0 Å². The lowest BCUT2D eigenvalue weighted by Crippen LogP contribution is -2.34. The molecule has 0 amide bonds. The second-order valence-corrected chi connectivity index (χ2v) is 6.36. The van der Waals surface area contributed by atoms with Crippen molar-refractivity contribution < 1.29 is 0 Å². The lowest BCUT2D eigenvalue weighted by atomic mass is 9.98. The summed E-state index contributed by atoms with van der Waals surface area (Å²) in [7, 11) is 0. The van der Waals surface area contributed by atoms with Crippen LogP contribution in [0, 0.1) is 0 Å². The van der Waals surface area contributed by atoms with Gasteiger partial charge in [0.15, 0.2) is 0 Å². The average molecular weight is 324 g/mol. The van der Waals surface area contributed by atoms with Crippen LogP contribution in [-0.4, -0.2) is 23.1 Å². The van der Waals surface area contributed by atoms with Gasteiger partial charge in [0, 0.05) is 41.3 Å². The molecular weight excluding hydrogens is 310 g/mol. The molecule has 1 unspecified atom stereocenters. The van der Waals surface area contributed by atoms with Crippen molar-refractivity contribution >= 4 is 33.0 Å². The predicted octanol–water partition coefficient (Wildman–Crippen LogP) is 3.68. The standard InChI is InChI=1S/C13H14BrN3S/c14-11-6-12(8-15-7-11)17-4-1-2-10(9-17)13-16-3-5-18-13/h3,5-8,10H,1-2,4,9H2. The lowest BCUT2D eigenvalue weighted by Gasteiger charge is -2.33. The summed E-state index contributed by atoms with van der Waals surface area (Å²) in [5.74, 6) is 0.567. The van der Waals surface area contributed by atoms with Crippen LogP contribution in [0.4, 0.5) is 5.69 Å². The molecule has 1 saturated heterocycles. The van der Waals surface area contributed by atoms with E-state index in [1.54, 1.807) is 11.3 Å². The first-order valence-corrected chi connectivity index (χ1v) is 7.75. The topological polar surface area (TPSA) is 29.0 Å². The van der Waals surface area contributed by atoms with E-state index >= 15 is 0 Å². The molecule has 5 heteroatoms. The van der Waals surface area contributed by atoms with Crippen molar-refractivity contribution in [2.75, 3.05) is 18.0 Å².